The number of carbonyl (C=O) groups is 1. The Bertz CT molecular complexity index is 622. The van der Waals surface area contributed by atoms with Crippen molar-refractivity contribution in [1.82, 2.24) is 24.6 Å². The molecule has 7 heteroatoms. The van der Waals surface area contributed by atoms with Crippen LogP contribution in [0.5, 0.6) is 0 Å². The summed E-state index contributed by atoms with van der Waals surface area (Å²) in [6, 6.07) is 0.346. The molecule has 1 aliphatic heterocycles. The average Bonchev–Trinajstić information content (AvgIpc) is 3.26. The van der Waals surface area contributed by atoms with E-state index in [4.69, 9.17) is 4.52 Å². The number of hydrogen-bond acceptors (Lipinski definition) is 5. The molecule has 0 aromatic carbocycles. The second-order valence-corrected chi connectivity index (χ2v) is 5.96. The van der Waals surface area contributed by atoms with Gasteiger partial charge in [-0.2, -0.15) is 4.98 Å². The lowest BCUT2D eigenvalue weighted by Crippen LogP contribution is -2.40. The smallest absolute Gasteiger partial charge is 0.226 e. The number of nitrogens with zero attached hydrogens (tertiary/aromatic N) is 5. The minimum atomic E-state index is 0.213. The first-order valence-corrected chi connectivity index (χ1v) is 8.33. The summed E-state index contributed by atoms with van der Waals surface area (Å²) >= 11 is 0. The van der Waals surface area contributed by atoms with Crippen molar-refractivity contribution in [2.75, 3.05) is 13.1 Å². The zero-order valence-corrected chi connectivity index (χ0v) is 13.5. The van der Waals surface area contributed by atoms with Crippen LogP contribution in [0.25, 0.3) is 0 Å². The normalized spacial score (nSPS) is 18.3. The topological polar surface area (TPSA) is 77.0 Å². The summed E-state index contributed by atoms with van der Waals surface area (Å²) < 4.78 is 7.25. The van der Waals surface area contributed by atoms with E-state index in [0.29, 0.717) is 24.8 Å². The van der Waals surface area contributed by atoms with Gasteiger partial charge in [0.05, 0.1) is 12.4 Å². The highest BCUT2D eigenvalue weighted by Gasteiger charge is 2.24. The molecular weight excluding hydrogens is 294 g/mol. The van der Waals surface area contributed by atoms with Gasteiger partial charge in [-0.25, -0.2) is 4.98 Å². The lowest BCUT2D eigenvalue weighted by atomic mass is 10.0. The molecule has 2 aromatic heterocycles. The number of likely N-dealkylation sites (tertiary alicyclic amines) is 1. The zero-order chi connectivity index (χ0) is 16.1. The van der Waals surface area contributed by atoms with Crippen molar-refractivity contribution in [3.63, 3.8) is 0 Å². The third kappa shape index (κ3) is 3.97. The van der Waals surface area contributed by atoms with E-state index in [-0.39, 0.29) is 5.91 Å². The molecule has 1 saturated heterocycles. The Morgan fingerprint density at radius 1 is 1.48 bits per heavy atom. The summed E-state index contributed by atoms with van der Waals surface area (Å²) in [4.78, 5) is 22.7. The molecule has 0 saturated carbocycles. The number of imidazole rings is 1. The zero-order valence-electron chi connectivity index (χ0n) is 13.5. The minimum Gasteiger partial charge on any atom is -0.341 e. The van der Waals surface area contributed by atoms with Crippen LogP contribution < -0.4 is 0 Å². The molecule has 124 valence electrons. The summed E-state index contributed by atoms with van der Waals surface area (Å²) in [5.41, 5.74) is 0. The fourth-order valence-electron chi connectivity index (χ4n) is 2.99. The molecule has 3 heterocycles. The number of amides is 1. The van der Waals surface area contributed by atoms with Gasteiger partial charge in [-0.3, -0.25) is 4.79 Å². The van der Waals surface area contributed by atoms with Crippen molar-refractivity contribution < 1.29 is 9.32 Å². The summed E-state index contributed by atoms with van der Waals surface area (Å²) in [6.07, 6.45) is 10.4. The fourth-order valence-corrected chi connectivity index (χ4v) is 2.99. The molecule has 2 aromatic rings. The molecule has 0 unspecified atom stereocenters. The Morgan fingerprint density at radius 3 is 3.13 bits per heavy atom. The molecule has 7 nitrogen and oxygen atoms in total. The highest BCUT2D eigenvalue weighted by molar-refractivity contribution is 5.76. The van der Waals surface area contributed by atoms with Crippen molar-refractivity contribution in [2.45, 2.75) is 51.5 Å². The van der Waals surface area contributed by atoms with E-state index in [1.807, 2.05) is 24.3 Å². The highest BCUT2D eigenvalue weighted by Crippen LogP contribution is 2.22. The molecule has 0 bridgehead atoms. The van der Waals surface area contributed by atoms with Crippen molar-refractivity contribution in [3.05, 3.63) is 30.4 Å². The van der Waals surface area contributed by atoms with Gasteiger partial charge in [0.15, 0.2) is 5.82 Å². The molecule has 1 fully saturated rings. The highest BCUT2D eigenvalue weighted by atomic mass is 16.5. The van der Waals surface area contributed by atoms with E-state index in [0.717, 1.165) is 44.6 Å². The van der Waals surface area contributed by atoms with Crippen molar-refractivity contribution in [3.8, 4) is 0 Å². The third-order valence-electron chi connectivity index (χ3n) is 4.30. The van der Waals surface area contributed by atoms with Crippen LogP contribution in [0.1, 0.15) is 50.4 Å². The Hall–Kier alpha value is -2.18. The summed E-state index contributed by atoms with van der Waals surface area (Å²) in [7, 11) is 0. The first-order chi connectivity index (χ1) is 11.3. The Balaban J connectivity index is 1.46. The number of rotatable bonds is 6. The maximum atomic E-state index is 12.4. The van der Waals surface area contributed by atoms with Crippen molar-refractivity contribution >= 4 is 5.91 Å². The summed E-state index contributed by atoms with van der Waals surface area (Å²) in [5, 5.41) is 3.87. The molecule has 23 heavy (non-hydrogen) atoms. The maximum Gasteiger partial charge on any atom is 0.226 e. The second-order valence-electron chi connectivity index (χ2n) is 5.96. The molecular formula is C16H23N5O2. The number of hydrogen-bond donors (Lipinski definition) is 0. The van der Waals surface area contributed by atoms with Crippen LogP contribution in [0, 0.1) is 0 Å². The Morgan fingerprint density at radius 2 is 2.39 bits per heavy atom. The monoisotopic (exact) mass is 317 g/mol. The number of aryl methyl sites for hydroxylation is 2. The van der Waals surface area contributed by atoms with Gasteiger partial charge in [0.2, 0.25) is 11.8 Å². The first-order valence-electron chi connectivity index (χ1n) is 8.33. The third-order valence-corrected chi connectivity index (χ3v) is 4.30. The van der Waals surface area contributed by atoms with Gasteiger partial charge in [0.1, 0.15) is 0 Å². The van der Waals surface area contributed by atoms with Gasteiger partial charge in [-0.15, -0.1) is 0 Å². The quantitative estimate of drug-likeness (QED) is 0.814. The predicted molar refractivity (Wildman–Crippen MR) is 83.7 cm³/mol. The molecule has 1 aliphatic rings. The largest absolute Gasteiger partial charge is 0.341 e. The van der Waals surface area contributed by atoms with Gasteiger partial charge in [-0.05, 0) is 19.3 Å². The van der Waals surface area contributed by atoms with E-state index >= 15 is 0 Å². The van der Waals surface area contributed by atoms with E-state index in [9.17, 15) is 4.79 Å². The standard InChI is InChI=1S/C16H23N5O2/c1-2-14-18-15(23-19-14)6-3-7-16(22)20-9-4-5-13(11-20)21-10-8-17-12-21/h8,10,12-13H,2-7,9,11H2,1H3/t13-/m1/s1. The second kappa shape index (κ2) is 7.39. The number of aromatic nitrogens is 4. The van der Waals surface area contributed by atoms with Crippen LogP contribution in [0.4, 0.5) is 0 Å². The average molecular weight is 317 g/mol. The lowest BCUT2D eigenvalue weighted by molar-refractivity contribution is -0.132. The Kier molecular flexibility index (Phi) is 5.05. The molecule has 3 rings (SSSR count). The number of carbonyl (C=O) groups excluding carboxylic acids is 1. The van der Waals surface area contributed by atoms with Gasteiger partial charge in [-0.1, -0.05) is 12.1 Å². The van der Waals surface area contributed by atoms with E-state index in [2.05, 4.69) is 19.7 Å². The van der Waals surface area contributed by atoms with Gasteiger partial charge in [0.25, 0.3) is 0 Å². The van der Waals surface area contributed by atoms with Crippen LogP contribution in [0.3, 0.4) is 0 Å². The molecule has 0 aliphatic carbocycles. The summed E-state index contributed by atoms with van der Waals surface area (Å²) in [5.74, 6) is 1.57. The van der Waals surface area contributed by atoms with Crippen LogP contribution in [0.2, 0.25) is 0 Å². The summed E-state index contributed by atoms with van der Waals surface area (Å²) in [6.45, 7) is 3.62. The fraction of sp³-hybridized carbons (Fsp3) is 0.625. The number of piperidine rings is 1. The van der Waals surface area contributed by atoms with Crippen LogP contribution >= 0.6 is 0 Å². The molecule has 0 radical (unpaired) electrons. The van der Waals surface area contributed by atoms with E-state index in [1.54, 1.807) is 6.20 Å². The van der Waals surface area contributed by atoms with Crippen molar-refractivity contribution in [2.24, 2.45) is 0 Å². The Labute approximate surface area is 135 Å². The van der Waals surface area contributed by atoms with Gasteiger partial charge >= 0.3 is 0 Å². The SMILES string of the molecule is CCc1noc(CCCC(=O)N2CCC[C@@H](n3ccnc3)C2)n1. The van der Waals surface area contributed by atoms with Crippen LogP contribution in [-0.4, -0.2) is 43.6 Å². The van der Waals surface area contributed by atoms with Gasteiger partial charge < -0.3 is 14.0 Å². The van der Waals surface area contributed by atoms with Crippen molar-refractivity contribution in [1.29, 1.82) is 0 Å². The predicted octanol–water partition coefficient (Wildman–Crippen LogP) is 2.01. The van der Waals surface area contributed by atoms with E-state index < -0.39 is 0 Å². The molecule has 0 N–H and O–H groups in total. The van der Waals surface area contributed by atoms with Crippen LogP contribution in [0.15, 0.2) is 23.2 Å². The molecule has 1 amide bonds. The maximum absolute atomic E-state index is 12.4. The van der Waals surface area contributed by atoms with Crippen LogP contribution in [-0.2, 0) is 17.6 Å². The minimum absolute atomic E-state index is 0.213. The van der Waals surface area contributed by atoms with Gasteiger partial charge in [0, 0.05) is 44.7 Å². The van der Waals surface area contributed by atoms with E-state index in [1.165, 1.54) is 0 Å². The molecule has 0 spiro atoms. The molecule has 1 atom stereocenters. The lowest BCUT2D eigenvalue weighted by Gasteiger charge is -2.33. The first kappa shape index (κ1) is 15.7.